The number of Topliss-reactive ketones (excluding diaryl/α,β-unsaturated/α-hetero) is 1. The van der Waals surface area contributed by atoms with Crippen LogP contribution in [0.3, 0.4) is 0 Å². The van der Waals surface area contributed by atoms with E-state index in [0.717, 1.165) is 19.3 Å². The lowest BCUT2D eigenvalue weighted by molar-refractivity contribution is -0.159. The molecule has 5 atom stereocenters. The van der Waals surface area contributed by atoms with E-state index in [1.165, 1.54) is 6.92 Å². The van der Waals surface area contributed by atoms with Gasteiger partial charge in [-0.15, -0.1) is 0 Å². The predicted octanol–water partition coefficient (Wildman–Crippen LogP) is 2.97. The molecular weight excluding hydrogens is 228 g/mol. The van der Waals surface area contributed by atoms with Crippen LogP contribution in [0.4, 0.5) is 0 Å². The van der Waals surface area contributed by atoms with Crippen molar-refractivity contribution < 1.29 is 14.3 Å². The van der Waals surface area contributed by atoms with E-state index >= 15 is 0 Å². The first kappa shape index (κ1) is 13.6. The second-order valence-corrected chi connectivity index (χ2v) is 6.50. The summed E-state index contributed by atoms with van der Waals surface area (Å²) in [5.41, 5.74) is 0.103. The number of carbonyl (C=O) groups is 2. The summed E-state index contributed by atoms with van der Waals surface area (Å²) in [6.07, 6.45) is 3.26. The van der Waals surface area contributed by atoms with Crippen LogP contribution in [-0.2, 0) is 14.3 Å². The molecule has 0 amide bonds. The van der Waals surface area contributed by atoms with E-state index in [0.29, 0.717) is 24.0 Å². The van der Waals surface area contributed by atoms with E-state index in [4.69, 9.17) is 4.74 Å². The molecular formula is C15H24O3. The summed E-state index contributed by atoms with van der Waals surface area (Å²) < 4.78 is 5.30. The molecule has 18 heavy (non-hydrogen) atoms. The van der Waals surface area contributed by atoms with Gasteiger partial charge in [-0.05, 0) is 36.5 Å². The molecule has 2 aliphatic carbocycles. The number of hydrogen-bond acceptors (Lipinski definition) is 3. The quantitative estimate of drug-likeness (QED) is 0.674. The van der Waals surface area contributed by atoms with E-state index in [9.17, 15) is 9.59 Å². The van der Waals surface area contributed by atoms with Gasteiger partial charge in [0.1, 0.15) is 11.9 Å². The normalized spacial score (nSPS) is 44.3. The molecule has 1 unspecified atom stereocenters. The third-order valence-corrected chi connectivity index (χ3v) is 5.44. The molecule has 0 aromatic carbocycles. The van der Waals surface area contributed by atoms with Crippen LogP contribution >= 0.6 is 0 Å². The molecule has 2 rings (SSSR count). The summed E-state index contributed by atoms with van der Waals surface area (Å²) in [7, 11) is 0. The van der Waals surface area contributed by atoms with Crippen LogP contribution in [0.25, 0.3) is 0 Å². The van der Waals surface area contributed by atoms with Crippen molar-refractivity contribution in [2.75, 3.05) is 0 Å². The first-order valence-corrected chi connectivity index (χ1v) is 7.04. The largest absolute Gasteiger partial charge is 0.463 e. The summed E-state index contributed by atoms with van der Waals surface area (Å²) in [5, 5.41) is 0. The third kappa shape index (κ3) is 2.19. The highest BCUT2D eigenvalue weighted by Crippen LogP contribution is 2.53. The standard InChI is InChI=1S/C15H24O3/c1-9-7-14(17)13-8-12(18-11(3)16)5-6-15(13,4)10(9)2/h9-10,12-13H,5-8H2,1-4H3/t9?,10-,12-,13+,15+/m0/s1. The van der Waals surface area contributed by atoms with Crippen LogP contribution in [0.5, 0.6) is 0 Å². The predicted molar refractivity (Wildman–Crippen MR) is 69.0 cm³/mol. The summed E-state index contributed by atoms with van der Waals surface area (Å²) in [5.74, 6) is 1.28. The molecule has 2 fully saturated rings. The van der Waals surface area contributed by atoms with Gasteiger partial charge in [0.2, 0.25) is 0 Å². The molecule has 0 aliphatic heterocycles. The van der Waals surface area contributed by atoms with Crippen molar-refractivity contribution in [1.29, 1.82) is 0 Å². The maximum absolute atomic E-state index is 12.3. The minimum absolute atomic E-state index is 0.0508. The minimum Gasteiger partial charge on any atom is -0.463 e. The van der Waals surface area contributed by atoms with Gasteiger partial charge in [-0.25, -0.2) is 0 Å². The Labute approximate surface area is 109 Å². The zero-order valence-electron chi connectivity index (χ0n) is 11.9. The fourth-order valence-corrected chi connectivity index (χ4v) is 3.97. The van der Waals surface area contributed by atoms with Gasteiger partial charge in [0.25, 0.3) is 0 Å². The first-order chi connectivity index (χ1) is 8.34. The zero-order valence-corrected chi connectivity index (χ0v) is 11.9. The molecule has 0 N–H and O–H groups in total. The van der Waals surface area contributed by atoms with Gasteiger partial charge in [-0.1, -0.05) is 20.8 Å². The van der Waals surface area contributed by atoms with Gasteiger partial charge in [-0.2, -0.15) is 0 Å². The van der Waals surface area contributed by atoms with Crippen molar-refractivity contribution in [3.63, 3.8) is 0 Å². The Morgan fingerprint density at radius 1 is 1.39 bits per heavy atom. The smallest absolute Gasteiger partial charge is 0.302 e. The van der Waals surface area contributed by atoms with Crippen molar-refractivity contribution in [3.8, 4) is 0 Å². The molecule has 3 heteroatoms. The lowest BCUT2D eigenvalue weighted by Gasteiger charge is -2.52. The second-order valence-electron chi connectivity index (χ2n) is 6.50. The minimum atomic E-state index is -0.228. The van der Waals surface area contributed by atoms with E-state index < -0.39 is 0 Å². The average Bonchev–Trinajstić information content (AvgIpc) is 2.28. The van der Waals surface area contributed by atoms with Gasteiger partial charge >= 0.3 is 5.97 Å². The van der Waals surface area contributed by atoms with E-state index in [-0.39, 0.29) is 23.4 Å². The Hall–Kier alpha value is -0.860. The first-order valence-electron chi connectivity index (χ1n) is 7.04. The number of rotatable bonds is 1. The molecule has 102 valence electrons. The maximum atomic E-state index is 12.3. The van der Waals surface area contributed by atoms with Gasteiger partial charge in [0.05, 0.1) is 0 Å². The van der Waals surface area contributed by atoms with Crippen molar-refractivity contribution in [2.24, 2.45) is 23.2 Å². The van der Waals surface area contributed by atoms with Crippen LogP contribution in [-0.4, -0.2) is 17.9 Å². The number of ketones is 1. The molecule has 0 bridgehead atoms. The van der Waals surface area contributed by atoms with Crippen molar-refractivity contribution in [2.45, 2.75) is 59.5 Å². The molecule has 0 spiro atoms. The van der Waals surface area contributed by atoms with Crippen molar-refractivity contribution in [1.82, 2.24) is 0 Å². The Morgan fingerprint density at radius 3 is 2.67 bits per heavy atom. The number of esters is 1. The topological polar surface area (TPSA) is 43.4 Å². The van der Waals surface area contributed by atoms with Gasteiger partial charge in [0.15, 0.2) is 0 Å². The summed E-state index contributed by atoms with van der Waals surface area (Å²) in [4.78, 5) is 23.3. The highest BCUT2D eigenvalue weighted by Gasteiger charge is 2.52. The maximum Gasteiger partial charge on any atom is 0.302 e. The lowest BCUT2D eigenvalue weighted by Crippen LogP contribution is -2.51. The van der Waals surface area contributed by atoms with Crippen LogP contribution < -0.4 is 0 Å². The van der Waals surface area contributed by atoms with Gasteiger partial charge in [-0.3, -0.25) is 9.59 Å². The van der Waals surface area contributed by atoms with Crippen LogP contribution in [0.15, 0.2) is 0 Å². The number of fused-ring (bicyclic) bond motifs is 1. The number of ether oxygens (including phenoxy) is 1. The third-order valence-electron chi connectivity index (χ3n) is 5.44. The molecule has 0 radical (unpaired) electrons. The zero-order chi connectivity index (χ0) is 13.5. The second kappa shape index (κ2) is 4.67. The van der Waals surface area contributed by atoms with E-state index in [2.05, 4.69) is 20.8 Å². The molecule has 0 aromatic rings. The molecule has 2 aliphatic rings. The van der Waals surface area contributed by atoms with Crippen molar-refractivity contribution in [3.05, 3.63) is 0 Å². The van der Waals surface area contributed by atoms with Crippen molar-refractivity contribution >= 4 is 11.8 Å². The molecule has 0 saturated heterocycles. The van der Waals surface area contributed by atoms with Gasteiger partial charge in [0, 0.05) is 19.3 Å². The molecule has 0 heterocycles. The Balaban J connectivity index is 2.15. The van der Waals surface area contributed by atoms with Gasteiger partial charge < -0.3 is 4.74 Å². The fraction of sp³-hybridized carbons (Fsp3) is 0.867. The van der Waals surface area contributed by atoms with E-state index in [1.54, 1.807) is 0 Å². The Kier molecular flexibility index (Phi) is 3.52. The average molecular weight is 252 g/mol. The van der Waals surface area contributed by atoms with E-state index in [1.807, 2.05) is 0 Å². The Bertz CT molecular complexity index is 363. The number of carbonyl (C=O) groups excluding carboxylic acids is 2. The number of hydrogen-bond donors (Lipinski definition) is 0. The summed E-state index contributed by atoms with van der Waals surface area (Å²) >= 11 is 0. The summed E-state index contributed by atoms with van der Waals surface area (Å²) in [6, 6.07) is 0. The SMILES string of the molecule is CC(=O)O[C@H]1CC[C@@]2(C)[C@H](C1)C(=O)CC(C)[C@@H]2C. The fourth-order valence-electron chi connectivity index (χ4n) is 3.97. The van der Waals surface area contributed by atoms with Crippen LogP contribution in [0.1, 0.15) is 53.4 Å². The molecule has 3 nitrogen and oxygen atoms in total. The Morgan fingerprint density at radius 2 is 2.06 bits per heavy atom. The molecule has 0 aromatic heterocycles. The van der Waals surface area contributed by atoms with Crippen LogP contribution in [0, 0.1) is 23.2 Å². The highest BCUT2D eigenvalue weighted by molar-refractivity contribution is 5.83. The summed E-state index contributed by atoms with van der Waals surface area (Å²) in [6.45, 7) is 8.15. The monoisotopic (exact) mass is 252 g/mol. The lowest BCUT2D eigenvalue weighted by atomic mass is 9.52. The van der Waals surface area contributed by atoms with Crippen LogP contribution in [0.2, 0.25) is 0 Å². The molecule has 2 saturated carbocycles. The highest BCUT2D eigenvalue weighted by atomic mass is 16.5.